The molecule has 2 aliphatic carbocycles. The van der Waals surface area contributed by atoms with E-state index < -0.39 is 5.41 Å². The maximum atomic E-state index is 6.63. The van der Waals surface area contributed by atoms with Crippen LogP contribution >= 0.6 is 0 Å². The Morgan fingerprint density at radius 2 is 0.897 bits per heavy atom. The monoisotopic (exact) mass is 865 g/mol. The predicted molar refractivity (Wildman–Crippen MR) is 280 cm³/mol. The van der Waals surface area contributed by atoms with Crippen LogP contribution in [0.3, 0.4) is 0 Å². The van der Waals surface area contributed by atoms with Crippen molar-refractivity contribution in [3.05, 3.63) is 259 Å². The number of nitrogens with zero attached hydrogens (tertiary/aromatic N) is 1. The van der Waals surface area contributed by atoms with E-state index in [9.17, 15) is 0 Å². The molecule has 0 radical (unpaired) electrons. The van der Waals surface area contributed by atoms with E-state index >= 15 is 0 Å². The van der Waals surface area contributed by atoms with Crippen LogP contribution in [-0.4, -0.2) is 0 Å². The summed E-state index contributed by atoms with van der Waals surface area (Å²) in [7, 11) is 0. The molecule has 316 valence electrons. The van der Waals surface area contributed by atoms with Crippen LogP contribution in [0.5, 0.6) is 0 Å². The first-order valence-corrected chi connectivity index (χ1v) is 23.4. The van der Waals surface area contributed by atoms with E-state index in [-0.39, 0.29) is 0 Å². The molecule has 0 atom stereocenters. The SMILES string of the molecule is c1ccc(N(c2ccc(-c3cccc4oc5ccccc5c34)cc2)c2cccc3c2-c2ccccc2C32c3ccccc3-c3ccccc32)c(-c2ccc3oc4c5ccccc5ccc4c3c2)c1. The molecule has 1 spiro atoms. The number of anilines is 3. The fourth-order valence-corrected chi connectivity index (χ4v) is 12.1. The number of rotatable bonds is 5. The molecular weight excluding hydrogens is 827 g/mol. The molecule has 2 heterocycles. The van der Waals surface area contributed by atoms with Crippen molar-refractivity contribution >= 4 is 71.7 Å². The molecule has 2 aromatic heterocycles. The van der Waals surface area contributed by atoms with Crippen molar-refractivity contribution in [3.8, 4) is 44.5 Å². The highest BCUT2D eigenvalue weighted by Crippen LogP contribution is 2.65. The van der Waals surface area contributed by atoms with Crippen molar-refractivity contribution in [3.63, 3.8) is 0 Å². The van der Waals surface area contributed by atoms with Crippen molar-refractivity contribution in [2.24, 2.45) is 0 Å². The van der Waals surface area contributed by atoms with Crippen LogP contribution in [0.15, 0.2) is 245 Å². The molecule has 0 N–H and O–H groups in total. The summed E-state index contributed by atoms with van der Waals surface area (Å²) in [6, 6.07) is 86.4. The Morgan fingerprint density at radius 3 is 1.71 bits per heavy atom. The third-order valence-electron chi connectivity index (χ3n) is 14.9. The summed E-state index contributed by atoms with van der Waals surface area (Å²) in [5.74, 6) is 0. The van der Waals surface area contributed by atoms with E-state index in [1.54, 1.807) is 0 Å². The number of furan rings is 2. The van der Waals surface area contributed by atoms with E-state index in [1.807, 2.05) is 6.07 Å². The predicted octanol–water partition coefficient (Wildman–Crippen LogP) is 17.8. The molecule has 11 aromatic carbocycles. The van der Waals surface area contributed by atoms with Gasteiger partial charge in [-0.2, -0.15) is 0 Å². The molecule has 0 unspecified atom stereocenters. The molecule has 68 heavy (non-hydrogen) atoms. The van der Waals surface area contributed by atoms with Gasteiger partial charge in [-0.1, -0.05) is 182 Å². The Balaban J connectivity index is 0.979. The molecule has 0 saturated carbocycles. The van der Waals surface area contributed by atoms with Crippen LogP contribution in [-0.2, 0) is 5.41 Å². The summed E-state index contributed by atoms with van der Waals surface area (Å²) in [4.78, 5) is 2.50. The van der Waals surface area contributed by atoms with Gasteiger partial charge in [0.1, 0.15) is 22.3 Å². The maximum absolute atomic E-state index is 6.63. The molecule has 0 bridgehead atoms. The average Bonchev–Trinajstić information content (AvgIpc) is 4.15. The first-order valence-electron chi connectivity index (χ1n) is 23.4. The Bertz CT molecular complexity index is 4180. The zero-order valence-corrected chi connectivity index (χ0v) is 36.8. The minimum Gasteiger partial charge on any atom is -0.456 e. The van der Waals surface area contributed by atoms with Gasteiger partial charge in [-0.05, 0) is 116 Å². The van der Waals surface area contributed by atoms with Crippen molar-refractivity contribution in [2.75, 3.05) is 4.90 Å². The molecule has 0 aliphatic heterocycles. The van der Waals surface area contributed by atoms with E-state index in [0.717, 1.165) is 88.6 Å². The van der Waals surface area contributed by atoms with Gasteiger partial charge in [-0.25, -0.2) is 0 Å². The second kappa shape index (κ2) is 14.0. The topological polar surface area (TPSA) is 29.5 Å². The van der Waals surface area contributed by atoms with Crippen LogP contribution in [0.4, 0.5) is 17.1 Å². The number of para-hydroxylation sites is 2. The van der Waals surface area contributed by atoms with E-state index in [1.165, 1.54) is 49.9 Å². The van der Waals surface area contributed by atoms with Gasteiger partial charge in [0.2, 0.25) is 0 Å². The van der Waals surface area contributed by atoms with E-state index in [4.69, 9.17) is 8.83 Å². The quantitative estimate of drug-likeness (QED) is 0.173. The lowest BCUT2D eigenvalue weighted by Gasteiger charge is -2.32. The number of hydrogen-bond donors (Lipinski definition) is 0. The largest absolute Gasteiger partial charge is 0.456 e. The Hall–Kier alpha value is -8.92. The molecular formula is C65H39NO2. The zero-order chi connectivity index (χ0) is 44.5. The highest BCUT2D eigenvalue weighted by molar-refractivity contribution is 6.16. The van der Waals surface area contributed by atoms with Gasteiger partial charge in [-0.3, -0.25) is 0 Å². The lowest BCUT2D eigenvalue weighted by Crippen LogP contribution is -2.26. The number of fused-ring (bicyclic) bond motifs is 18. The van der Waals surface area contributed by atoms with Crippen LogP contribution in [0.1, 0.15) is 22.3 Å². The van der Waals surface area contributed by atoms with Gasteiger partial charge in [0, 0.05) is 43.7 Å². The first kappa shape index (κ1) is 37.3. The molecule has 3 heteroatoms. The maximum Gasteiger partial charge on any atom is 0.143 e. The second-order valence-electron chi connectivity index (χ2n) is 18.2. The summed E-state index contributed by atoms with van der Waals surface area (Å²) in [6.07, 6.45) is 0. The first-order chi connectivity index (χ1) is 33.7. The Kier molecular flexibility index (Phi) is 7.71. The summed E-state index contributed by atoms with van der Waals surface area (Å²) in [5, 5.41) is 6.77. The molecule has 0 fully saturated rings. The minimum absolute atomic E-state index is 0.478. The van der Waals surface area contributed by atoms with Crippen molar-refractivity contribution in [1.82, 2.24) is 0 Å². The van der Waals surface area contributed by atoms with Gasteiger partial charge >= 0.3 is 0 Å². The van der Waals surface area contributed by atoms with Gasteiger partial charge in [0.25, 0.3) is 0 Å². The number of benzene rings is 11. The van der Waals surface area contributed by atoms with Crippen LogP contribution in [0.2, 0.25) is 0 Å². The summed E-state index contributed by atoms with van der Waals surface area (Å²) >= 11 is 0. The molecule has 2 aliphatic rings. The van der Waals surface area contributed by atoms with Crippen molar-refractivity contribution in [2.45, 2.75) is 5.41 Å². The number of hydrogen-bond acceptors (Lipinski definition) is 3. The van der Waals surface area contributed by atoms with Crippen LogP contribution in [0.25, 0.3) is 99.2 Å². The Labute approximate surface area is 392 Å². The van der Waals surface area contributed by atoms with Gasteiger partial charge < -0.3 is 13.7 Å². The summed E-state index contributed by atoms with van der Waals surface area (Å²) in [6.45, 7) is 0. The lowest BCUT2D eigenvalue weighted by atomic mass is 9.70. The molecule has 0 amide bonds. The lowest BCUT2D eigenvalue weighted by molar-refractivity contribution is 0.669. The van der Waals surface area contributed by atoms with Gasteiger partial charge in [0.15, 0.2) is 0 Å². The standard InChI is InChI=1S/C65H39NO2/c1-2-17-46-40(15-1)33-37-49-52-39-42(34-38-60(52)68-64(46)49)44-16-6-11-27-57(44)66(43-35-31-41(32-36-43)45-22-13-30-61-62(45)51-21-7-12-29-59(51)67-61)58-28-14-26-56-63(58)50-20-5-10-25-55(50)65(56)53-23-8-3-18-47(53)48-19-4-9-24-54(48)65/h1-39H. The molecule has 0 saturated heterocycles. The molecule has 15 rings (SSSR count). The van der Waals surface area contributed by atoms with Crippen LogP contribution < -0.4 is 4.90 Å². The zero-order valence-electron chi connectivity index (χ0n) is 36.8. The van der Waals surface area contributed by atoms with Crippen molar-refractivity contribution in [1.29, 1.82) is 0 Å². The smallest absolute Gasteiger partial charge is 0.143 e. The normalized spacial score (nSPS) is 13.1. The Morgan fingerprint density at radius 1 is 0.324 bits per heavy atom. The van der Waals surface area contributed by atoms with Crippen molar-refractivity contribution < 1.29 is 8.83 Å². The summed E-state index contributed by atoms with van der Waals surface area (Å²) in [5.41, 5.74) is 21.2. The highest BCUT2D eigenvalue weighted by Gasteiger charge is 2.52. The van der Waals surface area contributed by atoms with Gasteiger partial charge in [0.05, 0.1) is 16.8 Å². The molecule has 13 aromatic rings. The molecule has 3 nitrogen and oxygen atoms in total. The fraction of sp³-hybridized carbons (Fsp3) is 0.0154. The highest BCUT2D eigenvalue weighted by atomic mass is 16.3. The van der Waals surface area contributed by atoms with E-state index in [0.29, 0.717) is 0 Å². The average molecular weight is 866 g/mol. The minimum atomic E-state index is -0.478. The second-order valence-corrected chi connectivity index (χ2v) is 18.2. The third-order valence-corrected chi connectivity index (χ3v) is 14.9. The van der Waals surface area contributed by atoms with Crippen LogP contribution in [0, 0.1) is 0 Å². The third kappa shape index (κ3) is 5.02. The fourth-order valence-electron chi connectivity index (χ4n) is 12.1. The van der Waals surface area contributed by atoms with E-state index in [2.05, 4.69) is 235 Å². The van der Waals surface area contributed by atoms with Gasteiger partial charge in [-0.15, -0.1) is 0 Å². The summed E-state index contributed by atoms with van der Waals surface area (Å²) < 4.78 is 13.0.